The second kappa shape index (κ2) is 8.25. The molecule has 0 saturated heterocycles. The summed E-state index contributed by atoms with van der Waals surface area (Å²) in [5.41, 5.74) is 6.44. The predicted molar refractivity (Wildman–Crippen MR) is 79.7 cm³/mol. The Morgan fingerprint density at radius 2 is 2.16 bits per heavy atom. The highest BCUT2D eigenvalue weighted by Crippen LogP contribution is 2.10. The van der Waals surface area contributed by atoms with Gasteiger partial charge in [-0.3, -0.25) is 10.1 Å². The van der Waals surface area contributed by atoms with Crippen molar-refractivity contribution in [3.8, 4) is 0 Å². The van der Waals surface area contributed by atoms with Crippen LogP contribution in [0, 0.1) is 10.1 Å². The zero-order chi connectivity index (χ0) is 14.1. The Bertz CT molecular complexity index is 471. The number of nitrogens with two attached hydrogens (primary N) is 1. The van der Waals surface area contributed by atoms with Gasteiger partial charge in [-0.1, -0.05) is 25.1 Å². The average molecular weight is 280 g/mol. The molecule has 0 atom stereocenters. The zero-order valence-electron chi connectivity index (χ0n) is 10.7. The van der Waals surface area contributed by atoms with E-state index >= 15 is 0 Å². The molecule has 1 aromatic rings. The first-order valence-electron chi connectivity index (χ1n) is 5.87. The number of amidine groups is 1. The lowest BCUT2D eigenvalue weighted by Crippen LogP contribution is -2.06. The fourth-order valence-corrected chi connectivity index (χ4v) is 1.93. The predicted octanol–water partition coefficient (Wildman–Crippen LogP) is 2.78. The summed E-state index contributed by atoms with van der Waals surface area (Å²) >= 11 is 1.47. The highest BCUT2D eigenvalue weighted by Gasteiger charge is 2.02. The second-order valence-corrected chi connectivity index (χ2v) is 4.85. The van der Waals surface area contributed by atoms with E-state index in [1.165, 1.54) is 30.1 Å². The van der Waals surface area contributed by atoms with Crippen LogP contribution in [0.3, 0.4) is 0 Å². The lowest BCUT2D eigenvalue weighted by molar-refractivity contribution is -0.384. The van der Waals surface area contributed by atoms with Crippen LogP contribution in [0.4, 0.5) is 5.69 Å². The monoisotopic (exact) mass is 280 g/mol. The summed E-state index contributed by atoms with van der Waals surface area (Å²) in [5.74, 6) is 0.929. The van der Waals surface area contributed by atoms with E-state index in [1.807, 2.05) is 0 Å². The summed E-state index contributed by atoms with van der Waals surface area (Å²) in [5, 5.41) is 18.6. The molecule has 0 spiro atoms. The minimum Gasteiger partial charge on any atom is -0.377 e. The SMILES string of the molecule is CCCCS/C(N)=N/N=C/c1ccc([N+](=O)[O-])cc1. The second-order valence-electron chi connectivity index (χ2n) is 3.73. The molecule has 7 heteroatoms. The van der Waals surface area contributed by atoms with Crippen LogP contribution < -0.4 is 5.73 Å². The first kappa shape index (κ1) is 15.2. The summed E-state index contributed by atoms with van der Waals surface area (Å²) in [6.07, 6.45) is 3.72. The van der Waals surface area contributed by atoms with Gasteiger partial charge in [0.1, 0.15) is 0 Å². The van der Waals surface area contributed by atoms with Gasteiger partial charge < -0.3 is 5.73 Å². The highest BCUT2D eigenvalue weighted by atomic mass is 32.2. The molecule has 6 nitrogen and oxygen atoms in total. The normalized spacial score (nSPS) is 11.9. The van der Waals surface area contributed by atoms with Crippen molar-refractivity contribution in [2.45, 2.75) is 19.8 Å². The van der Waals surface area contributed by atoms with Crippen molar-refractivity contribution in [3.63, 3.8) is 0 Å². The molecule has 0 amide bonds. The summed E-state index contributed by atoms with van der Waals surface area (Å²) in [7, 11) is 0. The average Bonchev–Trinajstić information content (AvgIpc) is 2.39. The van der Waals surface area contributed by atoms with E-state index in [1.54, 1.807) is 12.1 Å². The molecule has 102 valence electrons. The van der Waals surface area contributed by atoms with Crippen LogP contribution >= 0.6 is 11.8 Å². The Labute approximate surface area is 115 Å². The number of unbranched alkanes of at least 4 members (excludes halogenated alkanes) is 1. The molecule has 2 N–H and O–H groups in total. The van der Waals surface area contributed by atoms with E-state index in [4.69, 9.17) is 5.73 Å². The van der Waals surface area contributed by atoms with Crippen LogP contribution in [0.1, 0.15) is 25.3 Å². The number of rotatable bonds is 6. The Morgan fingerprint density at radius 1 is 1.47 bits per heavy atom. The molecule has 1 rings (SSSR count). The van der Waals surface area contributed by atoms with Crippen LogP contribution in [0.15, 0.2) is 34.5 Å². The minimum atomic E-state index is -0.443. The maximum Gasteiger partial charge on any atom is 0.269 e. The Hall–Kier alpha value is -1.89. The van der Waals surface area contributed by atoms with E-state index < -0.39 is 4.92 Å². The number of non-ortho nitro benzene ring substituents is 1. The van der Waals surface area contributed by atoms with Gasteiger partial charge in [-0.05, 0) is 24.1 Å². The maximum atomic E-state index is 10.5. The number of thioether (sulfide) groups is 1. The quantitative estimate of drug-likeness (QED) is 0.285. The molecular weight excluding hydrogens is 264 g/mol. The highest BCUT2D eigenvalue weighted by molar-refractivity contribution is 8.13. The van der Waals surface area contributed by atoms with Gasteiger partial charge in [-0.2, -0.15) is 5.10 Å². The Kier molecular flexibility index (Phi) is 6.59. The molecule has 1 aromatic carbocycles. The third-order valence-electron chi connectivity index (χ3n) is 2.21. The molecule has 0 aliphatic rings. The van der Waals surface area contributed by atoms with Gasteiger partial charge in [0.25, 0.3) is 5.69 Å². The van der Waals surface area contributed by atoms with Crippen LogP contribution in [0.5, 0.6) is 0 Å². The van der Waals surface area contributed by atoms with Gasteiger partial charge in [0, 0.05) is 17.9 Å². The summed E-state index contributed by atoms with van der Waals surface area (Å²) < 4.78 is 0. The van der Waals surface area contributed by atoms with Crippen molar-refractivity contribution in [1.82, 2.24) is 0 Å². The van der Waals surface area contributed by atoms with E-state index in [2.05, 4.69) is 17.1 Å². The van der Waals surface area contributed by atoms with E-state index in [0.29, 0.717) is 5.17 Å². The van der Waals surface area contributed by atoms with Crippen molar-refractivity contribution in [1.29, 1.82) is 0 Å². The van der Waals surface area contributed by atoms with Crippen molar-refractivity contribution in [2.75, 3.05) is 5.75 Å². The summed E-state index contributed by atoms with van der Waals surface area (Å²) in [4.78, 5) is 10.0. The van der Waals surface area contributed by atoms with Crippen molar-refractivity contribution in [2.24, 2.45) is 15.9 Å². The minimum absolute atomic E-state index is 0.0512. The number of benzene rings is 1. The fraction of sp³-hybridized carbons (Fsp3) is 0.333. The van der Waals surface area contributed by atoms with Crippen molar-refractivity contribution < 1.29 is 4.92 Å². The molecule has 0 heterocycles. The first-order valence-corrected chi connectivity index (χ1v) is 6.85. The van der Waals surface area contributed by atoms with Gasteiger partial charge in [0.05, 0.1) is 11.1 Å². The zero-order valence-corrected chi connectivity index (χ0v) is 11.5. The molecule has 19 heavy (non-hydrogen) atoms. The third-order valence-corrected chi connectivity index (χ3v) is 3.09. The first-order chi connectivity index (χ1) is 9.13. The summed E-state index contributed by atoms with van der Waals surface area (Å²) in [6.45, 7) is 2.11. The van der Waals surface area contributed by atoms with Crippen LogP contribution in [-0.4, -0.2) is 22.1 Å². The molecule has 0 aliphatic heterocycles. The molecule has 0 aliphatic carbocycles. The number of hydrogen-bond donors (Lipinski definition) is 1. The van der Waals surface area contributed by atoms with Crippen LogP contribution in [-0.2, 0) is 0 Å². The molecular formula is C12H16N4O2S. The molecule has 0 radical (unpaired) electrons. The van der Waals surface area contributed by atoms with Crippen LogP contribution in [0.25, 0.3) is 0 Å². The van der Waals surface area contributed by atoms with Gasteiger partial charge in [-0.25, -0.2) is 0 Å². The van der Waals surface area contributed by atoms with E-state index in [-0.39, 0.29) is 5.69 Å². The van der Waals surface area contributed by atoms with Gasteiger partial charge in [0.2, 0.25) is 0 Å². The Balaban J connectivity index is 2.51. The molecule has 0 fully saturated rings. The van der Waals surface area contributed by atoms with E-state index in [0.717, 1.165) is 24.2 Å². The third kappa shape index (κ3) is 6.01. The lowest BCUT2D eigenvalue weighted by Gasteiger charge is -1.96. The van der Waals surface area contributed by atoms with Crippen molar-refractivity contribution in [3.05, 3.63) is 39.9 Å². The van der Waals surface area contributed by atoms with Gasteiger partial charge in [-0.15, -0.1) is 5.10 Å². The van der Waals surface area contributed by atoms with Crippen LogP contribution in [0.2, 0.25) is 0 Å². The largest absolute Gasteiger partial charge is 0.377 e. The lowest BCUT2D eigenvalue weighted by atomic mass is 10.2. The molecule has 0 saturated carbocycles. The molecule has 0 aromatic heterocycles. The van der Waals surface area contributed by atoms with Gasteiger partial charge >= 0.3 is 0 Å². The number of hydrogen-bond acceptors (Lipinski definition) is 5. The maximum absolute atomic E-state index is 10.5. The Morgan fingerprint density at radius 3 is 2.74 bits per heavy atom. The standard InChI is InChI=1S/C12H16N4O2S/c1-2-3-8-19-12(13)15-14-9-10-4-6-11(7-5-10)16(17)18/h4-7,9H,2-3,8H2,1H3,(H2,13,15)/b14-9+. The smallest absolute Gasteiger partial charge is 0.269 e. The van der Waals surface area contributed by atoms with E-state index in [9.17, 15) is 10.1 Å². The number of nitro benzene ring substituents is 1. The fourth-order valence-electron chi connectivity index (χ4n) is 1.18. The van der Waals surface area contributed by atoms with Crippen molar-refractivity contribution >= 4 is 28.8 Å². The molecule has 0 bridgehead atoms. The topological polar surface area (TPSA) is 93.9 Å². The molecule has 0 unspecified atom stereocenters. The van der Waals surface area contributed by atoms with Gasteiger partial charge in [0.15, 0.2) is 5.17 Å². The summed E-state index contributed by atoms with van der Waals surface area (Å²) in [6, 6.07) is 6.06. The number of nitrogens with zero attached hydrogens (tertiary/aromatic N) is 3. The number of nitro groups is 1.